The molecule has 4 aromatic carbocycles. The number of nitrogens with zero attached hydrogens (tertiary/aromatic N) is 2. The molecule has 48 heavy (non-hydrogen) atoms. The average Bonchev–Trinajstić information content (AvgIpc) is 3.47. The molecule has 0 fully saturated rings. The Kier molecular flexibility index (Phi) is 11.2. The summed E-state index contributed by atoms with van der Waals surface area (Å²) in [6.07, 6.45) is 2.16. The number of amidine groups is 1. The smallest absolute Gasteiger partial charge is 0.272 e. The average molecular weight is 660 g/mol. The number of carbonyl (C=O) groups is 4. The summed E-state index contributed by atoms with van der Waals surface area (Å²) >= 11 is 1.34. The topological polar surface area (TPSA) is 120 Å². The molecule has 9 nitrogen and oxygen atoms in total. The lowest BCUT2D eigenvalue weighted by Gasteiger charge is -2.16. The van der Waals surface area contributed by atoms with Crippen LogP contribution in [0.5, 0.6) is 0 Å². The van der Waals surface area contributed by atoms with E-state index in [1.807, 2.05) is 61.5 Å². The number of hydrogen-bond acceptors (Lipinski definition) is 6. The minimum atomic E-state index is -0.494. The van der Waals surface area contributed by atoms with Gasteiger partial charge in [-0.05, 0) is 72.0 Å². The lowest BCUT2D eigenvalue weighted by atomic mass is 10.0. The van der Waals surface area contributed by atoms with Gasteiger partial charge in [-0.15, -0.1) is 11.8 Å². The minimum absolute atomic E-state index is 0.00177. The Balaban J connectivity index is 1.28. The molecular weight excluding hydrogens is 623 g/mol. The molecule has 10 heteroatoms. The zero-order chi connectivity index (χ0) is 34.0. The molecule has 0 aromatic heterocycles. The van der Waals surface area contributed by atoms with Crippen LogP contribution < -0.4 is 21.0 Å². The highest BCUT2D eigenvalue weighted by Gasteiger charge is 2.28. The summed E-state index contributed by atoms with van der Waals surface area (Å²) in [6, 6.07) is 32.7. The second-order valence-electron chi connectivity index (χ2n) is 11.5. The molecule has 5 rings (SSSR count). The molecule has 0 saturated carbocycles. The Hall–Kier alpha value is -5.48. The number of hydrogen-bond donors (Lipinski definition) is 3. The monoisotopic (exact) mass is 659 g/mol. The Bertz CT molecular complexity index is 1840. The number of thioether (sulfide) groups is 1. The molecule has 0 saturated heterocycles. The lowest BCUT2D eigenvalue weighted by Crippen LogP contribution is -2.36. The third-order valence-corrected chi connectivity index (χ3v) is 8.88. The van der Waals surface area contributed by atoms with Crippen LogP contribution in [-0.2, 0) is 14.4 Å². The van der Waals surface area contributed by atoms with E-state index >= 15 is 0 Å². The van der Waals surface area contributed by atoms with Gasteiger partial charge in [0.15, 0.2) is 0 Å². The van der Waals surface area contributed by atoms with Crippen LogP contribution >= 0.6 is 11.8 Å². The van der Waals surface area contributed by atoms with E-state index in [1.165, 1.54) is 22.3 Å². The van der Waals surface area contributed by atoms with Crippen molar-refractivity contribution < 1.29 is 19.2 Å². The normalized spacial score (nSPS) is 13.6. The number of nitrogens with one attached hydrogen (secondary N) is 3. The van der Waals surface area contributed by atoms with Crippen molar-refractivity contribution in [1.29, 1.82) is 0 Å². The van der Waals surface area contributed by atoms with Crippen LogP contribution in [-0.4, -0.2) is 34.7 Å². The number of carbonyl (C=O) groups excluding carboxylic acids is 4. The summed E-state index contributed by atoms with van der Waals surface area (Å²) in [4.78, 5) is 53.2. The van der Waals surface area contributed by atoms with Crippen molar-refractivity contribution in [1.82, 2.24) is 10.6 Å². The maximum absolute atomic E-state index is 13.6. The molecule has 1 unspecified atom stereocenters. The van der Waals surface area contributed by atoms with Gasteiger partial charge < -0.3 is 16.0 Å². The minimum Gasteiger partial charge on any atom is -0.321 e. The Labute approximate surface area is 284 Å². The summed E-state index contributed by atoms with van der Waals surface area (Å²) in [5.41, 5.74) is 3.57. The first kappa shape index (κ1) is 33.9. The van der Waals surface area contributed by atoms with Gasteiger partial charge in [-0.2, -0.15) is 10.1 Å². The van der Waals surface area contributed by atoms with Gasteiger partial charge in [0.2, 0.25) is 5.91 Å². The number of para-hydroxylation sites is 1. The molecule has 244 valence electrons. The quantitative estimate of drug-likeness (QED) is 0.119. The van der Waals surface area contributed by atoms with Gasteiger partial charge in [-0.3, -0.25) is 19.2 Å². The summed E-state index contributed by atoms with van der Waals surface area (Å²) < 4.78 is 0. The van der Waals surface area contributed by atoms with Crippen molar-refractivity contribution in [3.05, 3.63) is 132 Å². The second kappa shape index (κ2) is 15.9. The van der Waals surface area contributed by atoms with Crippen molar-refractivity contribution in [2.24, 2.45) is 5.10 Å². The lowest BCUT2D eigenvalue weighted by molar-refractivity contribution is -0.119. The highest BCUT2D eigenvalue weighted by Crippen LogP contribution is 2.28. The van der Waals surface area contributed by atoms with Gasteiger partial charge in [0, 0.05) is 16.1 Å². The van der Waals surface area contributed by atoms with Gasteiger partial charge in [-0.25, -0.2) is 0 Å². The number of rotatable bonds is 11. The maximum atomic E-state index is 13.6. The summed E-state index contributed by atoms with van der Waals surface area (Å²) in [7, 11) is 0. The summed E-state index contributed by atoms with van der Waals surface area (Å²) in [5, 5.41) is 13.6. The maximum Gasteiger partial charge on any atom is 0.272 e. The SMILES string of the molecule is CCC(Sc1cccc(NC(=O)/C(=C\c2ccc(C(C)C)cc2)NC(=O)c2ccccc2)c1)C(=O)NC1=NN(c2ccccc2)C(=O)C1. The molecule has 1 atom stereocenters. The van der Waals surface area contributed by atoms with Gasteiger partial charge in [0.05, 0.1) is 17.4 Å². The largest absolute Gasteiger partial charge is 0.321 e. The zero-order valence-electron chi connectivity index (χ0n) is 27.0. The predicted molar refractivity (Wildman–Crippen MR) is 192 cm³/mol. The van der Waals surface area contributed by atoms with E-state index in [4.69, 9.17) is 0 Å². The van der Waals surface area contributed by atoms with Crippen LogP contribution in [0.3, 0.4) is 0 Å². The zero-order valence-corrected chi connectivity index (χ0v) is 27.8. The third-order valence-electron chi connectivity index (χ3n) is 7.52. The molecule has 3 N–H and O–H groups in total. The van der Waals surface area contributed by atoms with E-state index in [2.05, 4.69) is 34.9 Å². The first-order valence-corrected chi connectivity index (χ1v) is 16.6. The molecule has 1 aliphatic heterocycles. The number of hydrazone groups is 1. The van der Waals surface area contributed by atoms with E-state index in [0.717, 1.165) is 10.5 Å². The second-order valence-corrected chi connectivity index (χ2v) is 12.7. The van der Waals surface area contributed by atoms with Crippen LogP contribution in [0.2, 0.25) is 0 Å². The van der Waals surface area contributed by atoms with E-state index in [9.17, 15) is 19.2 Å². The Morgan fingerprint density at radius 1 is 0.875 bits per heavy atom. The molecule has 0 spiro atoms. The standard InChI is InChI=1S/C38H37N5O4S/c1-4-33(38(47)41-34-24-35(44)43(42-34)30-15-9-6-10-16-30)48-31-17-11-14-29(23-31)39-37(46)32(40-36(45)28-12-7-5-8-13-28)22-26-18-20-27(21-19-26)25(2)3/h5-23,25,33H,4,24H2,1-3H3,(H,39,46)(H,40,45)(H,41,42,47)/b32-22+. The van der Waals surface area contributed by atoms with Crippen molar-refractivity contribution in [2.75, 3.05) is 10.3 Å². The first-order chi connectivity index (χ1) is 23.2. The highest BCUT2D eigenvalue weighted by atomic mass is 32.2. The molecule has 4 aromatic rings. The van der Waals surface area contributed by atoms with Gasteiger partial charge in [0.1, 0.15) is 11.5 Å². The first-order valence-electron chi connectivity index (χ1n) is 15.7. The molecule has 1 aliphatic rings. The van der Waals surface area contributed by atoms with Crippen molar-refractivity contribution in [3.8, 4) is 0 Å². The fourth-order valence-electron chi connectivity index (χ4n) is 4.91. The molecule has 0 aliphatic carbocycles. The fourth-order valence-corrected chi connectivity index (χ4v) is 5.92. The highest BCUT2D eigenvalue weighted by molar-refractivity contribution is 8.00. The van der Waals surface area contributed by atoms with E-state index in [1.54, 1.807) is 60.7 Å². The predicted octanol–water partition coefficient (Wildman–Crippen LogP) is 6.96. The van der Waals surface area contributed by atoms with Crippen molar-refractivity contribution in [2.45, 2.75) is 49.7 Å². The number of anilines is 2. The van der Waals surface area contributed by atoms with Crippen LogP contribution in [0.4, 0.5) is 11.4 Å². The molecule has 4 amide bonds. The van der Waals surface area contributed by atoms with Crippen molar-refractivity contribution in [3.63, 3.8) is 0 Å². The Morgan fingerprint density at radius 2 is 1.56 bits per heavy atom. The van der Waals surface area contributed by atoms with Crippen LogP contribution in [0.1, 0.15) is 61.0 Å². The van der Waals surface area contributed by atoms with Gasteiger partial charge in [0.25, 0.3) is 17.7 Å². The van der Waals surface area contributed by atoms with E-state index < -0.39 is 17.1 Å². The third kappa shape index (κ3) is 8.86. The summed E-state index contributed by atoms with van der Waals surface area (Å²) in [6.45, 7) is 6.12. The number of amides is 4. The van der Waals surface area contributed by atoms with E-state index in [0.29, 0.717) is 35.1 Å². The van der Waals surface area contributed by atoms with Gasteiger partial charge in [-0.1, -0.05) is 87.5 Å². The molecule has 0 bridgehead atoms. The number of benzene rings is 4. The summed E-state index contributed by atoms with van der Waals surface area (Å²) in [5.74, 6) is -0.733. The van der Waals surface area contributed by atoms with E-state index in [-0.39, 0.29) is 23.9 Å². The van der Waals surface area contributed by atoms with Crippen LogP contribution in [0.25, 0.3) is 6.08 Å². The fraction of sp³-hybridized carbons (Fsp3) is 0.184. The molecule has 0 radical (unpaired) electrons. The molecular formula is C38H37N5O4S. The van der Waals surface area contributed by atoms with Crippen LogP contribution in [0.15, 0.2) is 125 Å². The van der Waals surface area contributed by atoms with Crippen LogP contribution in [0, 0.1) is 0 Å². The molecule has 1 heterocycles. The van der Waals surface area contributed by atoms with Gasteiger partial charge >= 0.3 is 0 Å². The Morgan fingerprint density at radius 3 is 2.23 bits per heavy atom. The van der Waals surface area contributed by atoms with Crippen molar-refractivity contribution >= 4 is 58.7 Å².